The number of aromatic nitrogens is 1. The lowest BCUT2D eigenvalue weighted by atomic mass is 9.87. The molecule has 21 heavy (non-hydrogen) atoms. The molecule has 1 amide bonds. The summed E-state index contributed by atoms with van der Waals surface area (Å²) in [4.78, 5) is 27.2. The summed E-state index contributed by atoms with van der Waals surface area (Å²) in [6.45, 7) is 2.25. The van der Waals surface area contributed by atoms with E-state index < -0.39 is 5.97 Å². The summed E-state index contributed by atoms with van der Waals surface area (Å²) in [5.41, 5.74) is 0.00155. The van der Waals surface area contributed by atoms with Crippen LogP contribution in [0.4, 0.5) is 0 Å². The summed E-state index contributed by atoms with van der Waals surface area (Å²) in [6, 6.07) is 3.50. The number of carbonyl (C=O) groups excluding carboxylic acids is 1. The lowest BCUT2D eigenvalue weighted by Gasteiger charge is -2.26. The van der Waals surface area contributed by atoms with Crippen LogP contribution in [-0.2, 0) is 4.79 Å². The molecular weight excluding hydrogens is 288 g/mol. The summed E-state index contributed by atoms with van der Waals surface area (Å²) in [6.07, 6.45) is 5.90. The zero-order valence-electron chi connectivity index (χ0n) is 12.0. The van der Waals surface area contributed by atoms with Gasteiger partial charge in [0.25, 0.3) is 0 Å². The minimum atomic E-state index is -1.06. The third kappa shape index (κ3) is 5.04. The van der Waals surface area contributed by atoms with Crippen LogP contribution in [0.1, 0.15) is 43.1 Å². The van der Waals surface area contributed by atoms with E-state index in [1.54, 1.807) is 6.07 Å². The summed E-state index contributed by atoms with van der Waals surface area (Å²) in [5.74, 6) is 0.0139. The normalized spacial score (nSPS) is 21.8. The molecule has 6 heteroatoms. The molecule has 0 spiro atoms. The van der Waals surface area contributed by atoms with E-state index in [9.17, 15) is 9.59 Å². The van der Waals surface area contributed by atoms with Crippen molar-refractivity contribution in [1.82, 2.24) is 10.3 Å². The quantitative estimate of drug-likeness (QED) is 0.817. The molecule has 1 aliphatic rings. The number of pyridine rings is 1. The molecule has 1 aromatic heterocycles. The van der Waals surface area contributed by atoms with Gasteiger partial charge in [0.2, 0.25) is 5.91 Å². The number of nitrogens with one attached hydrogen (secondary N) is 1. The second-order valence-corrected chi connectivity index (χ2v) is 6.54. The fraction of sp³-hybridized carbons (Fsp3) is 0.533. The fourth-order valence-corrected chi connectivity index (χ4v) is 3.17. The van der Waals surface area contributed by atoms with Gasteiger partial charge < -0.3 is 10.4 Å². The molecule has 5 nitrogen and oxygen atoms in total. The molecule has 1 aliphatic carbocycles. The van der Waals surface area contributed by atoms with Gasteiger partial charge in [-0.2, -0.15) is 0 Å². The van der Waals surface area contributed by atoms with Crippen LogP contribution < -0.4 is 5.32 Å². The number of carboxylic acid groups (broad SMARTS) is 1. The van der Waals surface area contributed by atoms with Gasteiger partial charge in [-0.3, -0.25) is 4.79 Å². The summed E-state index contributed by atoms with van der Waals surface area (Å²) in [5, 5.41) is 11.9. The average Bonchev–Trinajstić information content (AvgIpc) is 2.48. The zero-order chi connectivity index (χ0) is 15.2. The molecule has 1 aromatic rings. The highest BCUT2D eigenvalue weighted by Gasteiger charge is 2.19. The second-order valence-electron chi connectivity index (χ2n) is 5.49. The Morgan fingerprint density at radius 2 is 2.10 bits per heavy atom. The number of carboxylic acids is 1. The van der Waals surface area contributed by atoms with Crippen LogP contribution in [0.15, 0.2) is 23.2 Å². The maximum Gasteiger partial charge on any atom is 0.354 e. The largest absolute Gasteiger partial charge is 0.477 e. The highest BCUT2D eigenvalue weighted by Crippen LogP contribution is 2.24. The molecule has 0 unspecified atom stereocenters. The molecule has 0 aromatic carbocycles. The van der Waals surface area contributed by atoms with Crippen molar-refractivity contribution in [3.8, 4) is 0 Å². The first kappa shape index (κ1) is 15.8. The minimum Gasteiger partial charge on any atom is -0.477 e. The van der Waals surface area contributed by atoms with E-state index in [4.69, 9.17) is 5.11 Å². The molecule has 114 valence electrons. The number of rotatable bonds is 5. The molecule has 2 rings (SSSR count). The number of hydrogen-bond donors (Lipinski definition) is 2. The van der Waals surface area contributed by atoms with Crippen molar-refractivity contribution in [2.24, 2.45) is 5.92 Å². The Hall–Kier alpha value is -1.56. The van der Waals surface area contributed by atoms with Crippen LogP contribution in [0.3, 0.4) is 0 Å². The van der Waals surface area contributed by atoms with Crippen molar-refractivity contribution < 1.29 is 14.7 Å². The van der Waals surface area contributed by atoms with E-state index in [-0.39, 0.29) is 11.6 Å². The lowest BCUT2D eigenvalue weighted by Crippen LogP contribution is -2.38. The molecule has 1 fully saturated rings. The third-order valence-corrected chi connectivity index (χ3v) is 4.70. The Kier molecular flexibility index (Phi) is 5.61. The Morgan fingerprint density at radius 3 is 2.76 bits per heavy atom. The molecule has 1 heterocycles. The number of thioether (sulfide) groups is 1. The van der Waals surface area contributed by atoms with Crippen molar-refractivity contribution in [3.05, 3.63) is 24.0 Å². The fourth-order valence-electron chi connectivity index (χ4n) is 2.44. The Bertz CT molecular complexity index is 513. The zero-order valence-corrected chi connectivity index (χ0v) is 12.9. The second kappa shape index (κ2) is 7.45. The summed E-state index contributed by atoms with van der Waals surface area (Å²) in [7, 11) is 0. The third-order valence-electron chi connectivity index (χ3n) is 3.70. The topological polar surface area (TPSA) is 79.3 Å². The first-order chi connectivity index (χ1) is 10.0. The van der Waals surface area contributed by atoms with Crippen LogP contribution in [0.25, 0.3) is 0 Å². The smallest absolute Gasteiger partial charge is 0.354 e. The van der Waals surface area contributed by atoms with Crippen LogP contribution in [-0.4, -0.2) is 33.8 Å². The lowest BCUT2D eigenvalue weighted by molar-refractivity contribution is -0.119. The maximum atomic E-state index is 11.9. The standard InChI is InChI=1S/C15H20N2O3S/c1-10-2-4-11(5-3-10)17-14(18)9-21-12-6-7-16-13(8-12)15(19)20/h6-8,10-11H,2-5,9H2,1H3,(H,17,18)(H,19,20). The van der Waals surface area contributed by atoms with Gasteiger partial charge in [0, 0.05) is 17.1 Å². The number of aromatic carboxylic acids is 1. The van der Waals surface area contributed by atoms with E-state index in [1.165, 1.54) is 36.9 Å². The SMILES string of the molecule is CC1CCC(NC(=O)CSc2ccnc(C(=O)O)c2)CC1. The van der Waals surface area contributed by atoms with Gasteiger partial charge in [-0.25, -0.2) is 9.78 Å². The molecule has 0 aliphatic heterocycles. The maximum absolute atomic E-state index is 11.9. The predicted molar refractivity (Wildman–Crippen MR) is 81.5 cm³/mol. The number of carbonyl (C=O) groups is 2. The van der Waals surface area contributed by atoms with Crippen LogP contribution in [0, 0.1) is 5.92 Å². The van der Waals surface area contributed by atoms with Gasteiger partial charge in [-0.1, -0.05) is 6.92 Å². The van der Waals surface area contributed by atoms with Crippen LogP contribution >= 0.6 is 11.8 Å². The molecule has 2 N–H and O–H groups in total. The van der Waals surface area contributed by atoms with E-state index in [0.29, 0.717) is 11.8 Å². The summed E-state index contributed by atoms with van der Waals surface area (Å²) < 4.78 is 0. The monoisotopic (exact) mass is 308 g/mol. The number of nitrogens with zero attached hydrogens (tertiary/aromatic N) is 1. The van der Waals surface area contributed by atoms with Crippen LogP contribution in [0.2, 0.25) is 0 Å². The Morgan fingerprint density at radius 1 is 1.38 bits per heavy atom. The Balaban J connectivity index is 1.78. The first-order valence-electron chi connectivity index (χ1n) is 7.16. The van der Waals surface area contributed by atoms with E-state index in [2.05, 4.69) is 17.2 Å². The first-order valence-corrected chi connectivity index (χ1v) is 8.14. The highest BCUT2D eigenvalue weighted by molar-refractivity contribution is 8.00. The summed E-state index contributed by atoms with van der Waals surface area (Å²) >= 11 is 1.33. The van der Waals surface area contributed by atoms with E-state index in [1.807, 2.05) is 0 Å². The van der Waals surface area contributed by atoms with E-state index in [0.717, 1.165) is 23.7 Å². The number of amides is 1. The van der Waals surface area contributed by atoms with E-state index >= 15 is 0 Å². The molecule has 0 atom stereocenters. The molecule has 0 saturated heterocycles. The molecule has 0 radical (unpaired) electrons. The van der Waals surface area contributed by atoms with Crippen molar-refractivity contribution in [2.75, 3.05) is 5.75 Å². The van der Waals surface area contributed by atoms with Gasteiger partial charge in [-0.05, 0) is 43.7 Å². The van der Waals surface area contributed by atoms with Gasteiger partial charge in [0.1, 0.15) is 5.69 Å². The minimum absolute atomic E-state index is 0.00155. The molecule has 0 bridgehead atoms. The van der Waals surface area contributed by atoms with Gasteiger partial charge in [0.15, 0.2) is 0 Å². The molecular formula is C15H20N2O3S. The van der Waals surface area contributed by atoms with Crippen molar-refractivity contribution >= 4 is 23.6 Å². The molecule has 1 saturated carbocycles. The van der Waals surface area contributed by atoms with Gasteiger partial charge in [-0.15, -0.1) is 11.8 Å². The average molecular weight is 308 g/mol. The van der Waals surface area contributed by atoms with Crippen LogP contribution in [0.5, 0.6) is 0 Å². The van der Waals surface area contributed by atoms with Crippen molar-refractivity contribution in [3.63, 3.8) is 0 Å². The predicted octanol–water partition coefficient (Wildman–Crippen LogP) is 2.57. The van der Waals surface area contributed by atoms with Crippen molar-refractivity contribution in [1.29, 1.82) is 0 Å². The number of hydrogen-bond acceptors (Lipinski definition) is 4. The highest BCUT2D eigenvalue weighted by atomic mass is 32.2. The van der Waals surface area contributed by atoms with Crippen molar-refractivity contribution in [2.45, 2.75) is 43.5 Å². The Labute approximate surface area is 128 Å². The van der Waals surface area contributed by atoms with Gasteiger partial charge >= 0.3 is 5.97 Å². The van der Waals surface area contributed by atoms with Gasteiger partial charge in [0.05, 0.1) is 5.75 Å².